The van der Waals surface area contributed by atoms with Crippen molar-refractivity contribution in [2.45, 2.75) is 38.0 Å². The summed E-state index contributed by atoms with van der Waals surface area (Å²) < 4.78 is 0. The fourth-order valence-electron chi connectivity index (χ4n) is 2.57. The lowest BCUT2D eigenvalue weighted by molar-refractivity contribution is 0.0548. The summed E-state index contributed by atoms with van der Waals surface area (Å²) in [5, 5.41) is 9.55. The number of aromatic nitrogens is 1. The van der Waals surface area contributed by atoms with Crippen molar-refractivity contribution in [1.82, 2.24) is 9.88 Å². The van der Waals surface area contributed by atoms with Crippen molar-refractivity contribution in [3.05, 3.63) is 30.1 Å². The highest BCUT2D eigenvalue weighted by molar-refractivity contribution is 5.17. The Hall–Kier alpha value is -0.970. The first kappa shape index (κ1) is 12.5. The highest BCUT2D eigenvalue weighted by Gasteiger charge is 2.27. The Kier molecular flexibility index (Phi) is 4.10. The van der Waals surface area contributed by atoms with E-state index >= 15 is 0 Å². The smallest absolute Gasteiger partial charge is 0.0564 e. The summed E-state index contributed by atoms with van der Waals surface area (Å²) in [6.45, 7) is 3.86. The maximum Gasteiger partial charge on any atom is 0.0564 e. The second kappa shape index (κ2) is 5.58. The van der Waals surface area contributed by atoms with Crippen molar-refractivity contribution in [2.24, 2.45) is 5.73 Å². The van der Waals surface area contributed by atoms with Crippen molar-refractivity contribution >= 4 is 0 Å². The SMILES string of the molecule is CC(N)C(c1ccncc1)N1CCC(O)CC1. The summed E-state index contributed by atoms with van der Waals surface area (Å²) in [4.78, 5) is 6.41. The molecule has 1 aliphatic heterocycles. The standard InChI is InChI=1S/C13H21N3O/c1-10(14)13(11-2-6-15-7-3-11)16-8-4-12(17)5-9-16/h2-3,6-7,10,12-13,17H,4-5,8-9,14H2,1H3. The van der Waals surface area contributed by atoms with Gasteiger partial charge in [-0.2, -0.15) is 0 Å². The molecular weight excluding hydrogens is 214 g/mol. The summed E-state index contributed by atoms with van der Waals surface area (Å²) in [6.07, 6.45) is 5.16. The highest BCUT2D eigenvalue weighted by atomic mass is 16.3. The summed E-state index contributed by atoms with van der Waals surface area (Å²) >= 11 is 0. The van der Waals surface area contributed by atoms with Crippen molar-refractivity contribution in [3.63, 3.8) is 0 Å². The Morgan fingerprint density at radius 2 is 1.94 bits per heavy atom. The van der Waals surface area contributed by atoms with Crippen LogP contribution in [0.2, 0.25) is 0 Å². The highest BCUT2D eigenvalue weighted by Crippen LogP contribution is 2.26. The molecule has 1 saturated heterocycles. The minimum absolute atomic E-state index is 0.0765. The molecule has 2 atom stereocenters. The molecule has 2 heterocycles. The topological polar surface area (TPSA) is 62.4 Å². The molecule has 0 bridgehead atoms. The van der Waals surface area contributed by atoms with E-state index in [1.54, 1.807) is 0 Å². The van der Waals surface area contributed by atoms with E-state index in [-0.39, 0.29) is 18.2 Å². The Balaban J connectivity index is 2.13. The van der Waals surface area contributed by atoms with E-state index in [0.29, 0.717) is 0 Å². The number of nitrogens with zero attached hydrogens (tertiary/aromatic N) is 2. The van der Waals surface area contributed by atoms with Crippen LogP contribution in [0.4, 0.5) is 0 Å². The number of pyridine rings is 1. The lowest BCUT2D eigenvalue weighted by atomic mass is 9.97. The minimum atomic E-state index is -0.141. The van der Waals surface area contributed by atoms with E-state index in [2.05, 4.69) is 9.88 Å². The summed E-state index contributed by atoms with van der Waals surface area (Å²) in [7, 11) is 0. The molecule has 0 spiro atoms. The van der Waals surface area contributed by atoms with Crippen LogP contribution in [0.1, 0.15) is 31.4 Å². The van der Waals surface area contributed by atoms with Gasteiger partial charge in [0.05, 0.1) is 6.10 Å². The molecular formula is C13H21N3O. The fraction of sp³-hybridized carbons (Fsp3) is 0.615. The van der Waals surface area contributed by atoms with Crippen LogP contribution in [0.15, 0.2) is 24.5 Å². The van der Waals surface area contributed by atoms with E-state index in [9.17, 15) is 5.11 Å². The summed E-state index contributed by atoms with van der Waals surface area (Å²) in [6, 6.07) is 4.36. The van der Waals surface area contributed by atoms with Gasteiger partial charge in [-0.15, -0.1) is 0 Å². The number of aliphatic hydroxyl groups excluding tert-OH is 1. The van der Waals surface area contributed by atoms with Gasteiger partial charge >= 0.3 is 0 Å². The molecule has 17 heavy (non-hydrogen) atoms. The lowest BCUT2D eigenvalue weighted by Gasteiger charge is -2.38. The molecule has 0 aliphatic carbocycles. The van der Waals surface area contributed by atoms with E-state index in [4.69, 9.17) is 5.73 Å². The number of nitrogens with two attached hydrogens (primary N) is 1. The third kappa shape index (κ3) is 3.03. The Morgan fingerprint density at radius 3 is 2.47 bits per heavy atom. The number of aliphatic hydroxyl groups is 1. The third-order valence-electron chi connectivity index (χ3n) is 3.44. The van der Waals surface area contributed by atoms with Crippen LogP contribution in [0.3, 0.4) is 0 Å². The van der Waals surface area contributed by atoms with Crippen LogP contribution in [0.25, 0.3) is 0 Å². The molecule has 94 valence electrons. The second-order valence-electron chi connectivity index (χ2n) is 4.85. The molecule has 0 saturated carbocycles. The molecule has 2 rings (SSSR count). The van der Waals surface area contributed by atoms with Crippen molar-refractivity contribution in [1.29, 1.82) is 0 Å². The maximum atomic E-state index is 9.55. The van der Waals surface area contributed by atoms with Crippen molar-refractivity contribution < 1.29 is 5.11 Å². The van der Waals surface area contributed by atoms with Gasteiger partial charge in [-0.25, -0.2) is 0 Å². The van der Waals surface area contributed by atoms with E-state index in [1.165, 1.54) is 5.56 Å². The van der Waals surface area contributed by atoms with Gasteiger partial charge in [-0.1, -0.05) is 0 Å². The molecule has 2 unspecified atom stereocenters. The van der Waals surface area contributed by atoms with E-state index < -0.39 is 0 Å². The van der Waals surface area contributed by atoms with Crippen LogP contribution in [-0.2, 0) is 0 Å². The third-order valence-corrected chi connectivity index (χ3v) is 3.44. The van der Waals surface area contributed by atoms with Gasteiger partial charge in [-0.3, -0.25) is 9.88 Å². The van der Waals surface area contributed by atoms with E-state index in [1.807, 2.05) is 31.5 Å². The Labute approximate surface area is 102 Å². The fourth-order valence-corrected chi connectivity index (χ4v) is 2.57. The number of likely N-dealkylation sites (tertiary alicyclic amines) is 1. The van der Waals surface area contributed by atoms with Gasteiger partial charge in [0, 0.05) is 37.6 Å². The molecule has 0 amide bonds. The van der Waals surface area contributed by atoms with Gasteiger partial charge in [0.1, 0.15) is 0 Å². The second-order valence-corrected chi connectivity index (χ2v) is 4.85. The molecule has 1 aromatic heterocycles. The van der Waals surface area contributed by atoms with Crippen molar-refractivity contribution in [3.8, 4) is 0 Å². The maximum absolute atomic E-state index is 9.55. The van der Waals surface area contributed by atoms with Crippen LogP contribution in [0, 0.1) is 0 Å². The number of hydrogen-bond donors (Lipinski definition) is 2. The van der Waals surface area contributed by atoms with Gasteiger partial charge in [0.15, 0.2) is 0 Å². The summed E-state index contributed by atoms with van der Waals surface area (Å²) in [5.41, 5.74) is 7.32. The predicted octanol–water partition coefficient (Wildman–Crippen LogP) is 0.927. The quantitative estimate of drug-likeness (QED) is 0.818. The first-order chi connectivity index (χ1) is 8.18. The first-order valence-electron chi connectivity index (χ1n) is 6.26. The zero-order valence-corrected chi connectivity index (χ0v) is 10.3. The van der Waals surface area contributed by atoms with E-state index in [0.717, 1.165) is 25.9 Å². The molecule has 3 N–H and O–H groups in total. The Morgan fingerprint density at radius 1 is 1.35 bits per heavy atom. The molecule has 1 aromatic rings. The zero-order valence-electron chi connectivity index (χ0n) is 10.3. The average molecular weight is 235 g/mol. The first-order valence-corrected chi connectivity index (χ1v) is 6.26. The van der Waals surface area contributed by atoms with Crippen molar-refractivity contribution in [2.75, 3.05) is 13.1 Å². The lowest BCUT2D eigenvalue weighted by Crippen LogP contribution is -2.44. The van der Waals surface area contributed by atoms with Crippen LogP contribution in [0.5, 0.6) is 0 Å². The van der Waals surface area contributed by atoms with Crippen LogP contribution < -0.4 is 5.73 Å². The number of hydrogen-bond acceptors (Lipinski definition) is 4. The minimum Gasteiger partial charge on any atom is -0.393 e. The normalized spacial score (nSPS) is 22.3. The number of rotatable bonds is 3. The molecule has 4 heteroatoms. The largest absolute Gasteiger partial charge is 0.393 e. The average Bonchev–Trinajstić information content (AvgIpc) is 2.33. The van der Waals surface area contributed by atoms with Gasteiger partial charge in [0.2, 0.25) is 0 Å². The molecule has 1 fully saturated rings. The molecule has 4 nitrogen and oxygen atoms in total. The van der Waals surface area contributed by atoms with Gasteiger partial charge in [-0.05, 0) is 37.5 Å². The predicted molar refractivity (Wildman–Crippen MR) is 67.4 cm³/mol. The molecule has 0 aromatic carbocycles. The molecule has 0 radical (unpaired) electrons. The Bertz CT molecular complexity index is 334. The monoisotopic (exact) mass is 235 g/mol. The zero-order chi connectivity index (χ0) is 12.3. The van der Waals surface area contributed by atoms with Crippen LogP contribution >= 0.6 is 0 Å². The number of piperidine rings is 1. The van der Waals surface area contributed by atoms with Gasteiger partial charge < -0.3 is 10.8 Å². The summed E-state index contributed by atoms with van der Waals surface area (Å²) in [5.74, 6) is 0. The van der Waals surface area contributed by atoms with Gasteiger partial charge in [0.25, 0.3) is 0 Å². The molecule has 1 aliphatic rings. The van der Waals surface area contributed by atoms with Crippen LogP contribution in [-0.4, -0.2) is 40.2 Å².